The number of anilines is 1. The van der Waals surface area contributed by atoms with Crippen molar-refractivity contribution in [1.29, 1.82) is 0 Å². The smallest absolute Gasteiger partial charge is 0.331 e. The number of ether oxygens (including phenoxy) is 2. The number of carbonyl (C=O) groups excluding carboxylic acids is 2. The lowest BCUT2D eigenvalue weighted by atomic mass is 9.85. The van der Waals surface area contributed by atoms with Gasteiger partial charge in [-0.25, -0.2) is 4.79 Å². The maximum absolute atomic E-state index is 12.8. The van der Waals surface area contributed by atoms with E-state index in [0.29, 0.717) is 0 Å². The van der Waals surface area contributed by atoms with Crippen molar-refractivity contribution in [2.45, 2.75) is 12.1 Å². The van der Waals surface area contributed by atoms with Gasteiger partial charge < -0.3 is 9.47 Å². The number of benzene rings is 2. The highest BCUT2D eigenvalue weighted by atomic mass is 16.5. The molecule has 0 saturated carbocycles. The van der Waals surface area contributed by atoms with Gasteiger partial charge in [0, 0.05) is 6.20 Å². The molecule has 2 aromatic rings. The molecule has 0 aromatic heterocycles. The van der Waals surface area contributed by atoms with Crippen molar-refractivity contribution in [2.24, 2.45) is 5.92 Å². The van der Waals surface area contributed by atoms with E-state index in [2.05, 4.69) is 0 Å². The van der Waals surface area contributed by atoms with Crippen LogP contribution >= 0.6 is 0 Å². The Bertz CT molecular complexity index is 880. The van der Waals surface area contributed by atoms with Crippen LogP contribution in [-0.4, -0.2) is 37.2 Å². The summed E-state index contributed by atoms with van der Waals surface area (Å²) >= 11 is 0. The highest BCUT2D eigenvalue weighted by Crippen LogP contribution is 2.47. The molecule has 3 atom stereocenters. The number of carbonyl (C=O) groups is 2. The first-order valence-electron chi connectivity index (χ1n) is 8.72. The Labute approximate surface area is 157 Å². The number of nitrogens with zero attached hydrogens (tertiary/aromatic N) is 2. The maximum atomic E-state index is 12.8. The Kier molecular flexibility index (Phi) is 4.32. The van der Waals surface area contributed by atoms with Crippen LogP contribution in [0.3, 0.4) is 0 Å². The second-order valence-corrected chi connectivity index (χ2v) is 6.47. The molecule has 1 saturated heterocycles. The average molecular weight is 364 g/mol. The zero-order valence-electron chi connectivity index (χ0n) is 15.1. The number of rotatable bonds is 3. The minimum absolute atomic E-state index is 0.358. The Morgan fingerprint density at radius 1 is 0.889 bits per heavy atom. The van der Waals surface area contributed by atoms with Crippen LogP contribution in [-0.2, 0) is 19.1 Å². The van der Waals surface area contributed by atoms with Crippen molar-refractivity contribution in [2.75, 3.05) is 19.2 Å². The fraction of sp³-hybridized carbons (Fsp3) is 0.238. The molecule has 138 valence electrons. The quantitative estimate of drug-likeness (QED) is 0.781. The highest BCUT2D eigenvalue weighted by Gasteiger charge is 2.56. The van der Waals surface area contributed by atoms with Gasteiger partial charge >= 0.3 is 11.9 Å². The first kappa shape index (κ1) is 17.1. The minimum atomic E-state index is -0.828. The fourth-order valence-corrected chi connectivity index (χ4v) is 3.99. The van der Waals surface area contributed by atoms with Crippen LogP contribution in [0.25, 0.3) is 6.08 Å². The van der Waals surface area contributed by atoms with Gasteiger partial charge in [0.25, 0.3) is 0 Å². The lowest BCUT2D eigenvalue weighted by Crippen LogP contribution is -2.46. The third-order valence-corrected chi connectivity index (χ3v) is 5.14. The van der Waals surface area contributed by atoms with Crippen molar-refractivity contribution in [1.82, 2.24) is 5.01 Å². The van der Waals surface area contributed by atoms with Gasteiger partial charge in [-0.05, 0) is 29.3 Å². The Balaban J connectivity index is 1.92. The summed E-state index contributed by atoms with van der Waals surface area (Å²) in [5.74, 6) is -1.65. The second-order valence-electron chi connectivity index (χ2n) is 6.47. The highest BCUT2D eigenvalue weighted by molar-refractivity contribution is 5.90. The maximum Gasteiger partial charge on any atom is 0.331 e. The molecule has 6 nitrogen and oxygen atoms in total. The Hall–Kier alpha value is -3.28. The van der Waals surface area contributed by atoms with Gasteiger partial charge in [-0.1, -0.05) is 42.5 Å². The van der Waals surface area contributed by atoms with Gasteiger partial charge in [-0.3, -0.25) is 14.8 Å². The minimum Gasteiger partial charge on any atom is -0.469 e. The van der Waals surface area contributed by atoms with Crippen LogP contribution in [0.5, 0.6) is 0 Å². The van der Waals surface area contributed by atoms with Crippen LogP contribution in [0, 0.1) is 5.92 Å². The molecule has 2 aliphatic heterocycles. The molecule has 4 rings (SSSR count). The normalized spacial score (nSPS) is 22.8. The lowest BCUT2D eigenvalue weighted by Gasteiger charge is -2.36. The third-order valence-electron chi connectivity index (χ3n) is 5.14. The standard InChI is InChI=1S/C21H20N2O4/c1-26-20(24)17-18-16-11-7-6-8-14(16)12-13-22(18)23(19(17)21(25)27-2)15-9-4-3-5-10-15/h3-13,17-19H,1-2H3/t17-,18-,19+/m1/s1. The van der Waals surface area contributed by atoms with E-state index in [9.17, 15) is 9.59 Å². The summed E-state index contributed by atoms with van der Waals surface area (Å²) in [6.07, 6.45) is 3.88. The van der Waals surface area contributed by atoms with E-state index in [-0.39, 0.29) is 6.04 Å². The summed E-state index contributed by atoms with van der Waals surface area (Å²) in [5.41, 5.74) is 2.79. The summed E-state index contributed by atoms with van der Waals surface area (Å²) in [5, 5.41) is 3.76. The van der Waals surface area contributed by atoms with Crippen LogP contribution in [0.4, 0.5) is 5.69 Å². The van der Waals surface area contributed by atoms with Crippen molar-refractivity contribution in [3.63, 3.8) is 0 Å². The van der Waals surface area contributed by atoms with E-state index >= 15 is 0 Å². The largest absolute Gasteiger partial charge is 0.469 e. The summed E-state index contributed by atoms with van der Waals surface area (Å²) in [7, 11) is 2.68. The second kappa shape index (κ2) is 6.79. The molecule has 27 heavy (non-hydrogen) atoms. The molecule has 0 bridgehead atoms. The molecule has 0 amide bonds. The summed E-state index contributed by atoms with van der Waals surface area (Å²) in [4.78, 5) is 25.5. The van der Waals surface area contributed by atoms with Crippen molar-refractivity contribution >= 4 is 23.7 Å². The number of esters is 2. The van der Waals surface area contributed by atoms with Crippen molar-refractivity contribution in [3.05, 3.63) is 71.9 Å². The fourth-order valence-electron chi connectivity index (χ4n) is 3.99. The molecule has 0 unspecified atom stereocenters. The molecule has 0 N–H and O–H groups in total. The first-order chi connectivity index (χ1) is 13.2. The number of hydrazine groups is 1. The zero-order chi connectivity index (χ0) is 19.0. The number of fused-ring (bicyclic) bond motifs is 3. The summed E-state index contributed by atoms with van der Waals surface area (Å²) in [6.45, 7) is 0. The number of hydrogen-bond donors (Lipinski definition) is 0. The summed E-state index contributed by atoms with van der Waals surface area (Å²) in [6, 6.07) is 16.2. The van der Waals surface area contributed by atoms with Gasteiger partial charge in [0.15, 0.2) is 6.04 Å². The van der Waals surface area contributed by atoms with Crippen LogP contribution in [0.2, 0.25) is 0 Å². The van der Waals surface area contributed by atoms with Gasteiger partial charge in [-0.2, -0.15) is 0 Å². The predicted molar refractivity (Wildman–Crippen MR) is 100 cm³/mol. The monoisotopic (exact) mass is 364 g/mol. The molecule has 6 heteroatoms. The van der Waals surface area contributed by atoms with E-state index in [0.717, 1.165) is 16.8 Å². The molecular weight excluding hydrogens is 344 g/mol. The van der Waals surface area contributed by atoms with Gasteiger partial charge in [0.05, 0.1) is 25.9 Å². The van der Waals surface area contributed by atoms with E-state index in [1.165, 1.54) is 14.2 Å². The molecule has 1 fully saturated rings. The molecule has 0 spiro atoms. The van der Waals surface area contributed by atoms with Crippen molar-refractivity contribution < 1.29 is 19.1 Å². The SMILES string of the molecule is COC(=O)[C@@H]1[C@H]2c3ccccc3C=CN2N(c2ccccc2)[C@@H]1C(=O)OC. The van der Waals surface area contributed by atoms with Crippen LogP contribution in [0.1, 0.15) is 17.2 Å². The van der Waals surface area contributed by atoms with Crippen LogP contribution < -0.4 is 5.01 Å². The molecule has 2 heterocycles. The molecule has 2 aromatic carbocycles. The first-order valence-corrected chi connectivity index (χ1v) is 8.72. The topological polar surface area (TPSA) is 59.1 Å². The molecular formula is C21H20N2O4. The Morgan fingerprint density at radius 3 is 2.26 bits per heavy atom. The third kappa shape index (κ3) is 2.65. The lowest BCUT2D eigenvalue weighted by molar-refractivity contribution is -0.153. The van der Waals surface area contributed by atoms with Crippen molar-refractivity contribution in [3.8, 4) is 0 Å². The molecule has 2 aliphatic rings. The van der Waals surface area contributed by atoms with Crippen LogP contribution in [0.15, 0.2) is 60.8 Å². The van der Waals surface area contributed by atoms with Gasteiger partial charge in [0.1, 0.15) is 5.92 Å². The van der Waals surface area contributed by atoms with E-state index < -0.39 is 23.9 Å². The summed E-state index contributed by atoms with van der Waals surface area (Å²) < 4.78 is 10.1. The van der Waals surface area contributed by atoms with E-state index in [1.54, 1.807) is 0 Å². The van der Waals surface area contributed by atoms with Gasteiger partial charge in [0.2, 0.25) is 0 Å². The zero-order valence-corrected chi connectivity index (χ0v) is 15.1. The van der Waals surface area contributed by atoms with E-state index in [4.69, 9.17) is 9.47 Å². The van der Waals surface area contributed by atoms with E-state index in [1.807, 2.05) is 76.9 Å². The van der Waals surface area contributed by atoms with Gasteiger partial charge in [-0.15, -0.1) is 0 Å². The predicted octanol–water partition coefficient (Wildman–Crippen LogP) is 2.78. The number of para-hydroxylation sites is 1. The molecule has 0 radical (unpaired) electrons. The number of methoxy groups -OCH3 is 2. The number of hydrogen-bond acceptors (Lipinski definition) is 6. The molecule has 0 aliphatic carbocycles. The average Bonchev–Trinajstić information content (AvgIpc) is 3.08. The Morgan fingerprint density at radius 2 is 1.56 bits per heavy atom.